The van der Waals surface area contributed by atoms with E-state index >= 15 is 0 Å². The Kier molecular flexibility index (Phi) is 7.56. The van der Waals surface area contributed by atoms with Crippen LogP contribution in [0.5, 0.6) is 5.75 Å². The molecule has 1 N–H and O–H groups in total. The van der Waals surface area contributed by atoms with Crippen molar-refractivity contribution in [2.24, 2.45) is 5.92 Å². The van der Waals surface area contributed by atoms with E-state index in [1.807, 2.05) is 12.1 Å². The van der Waals surface area contributed by atoms with Crippen LogP contribution in [0.15, 0.2) is 24.3 Å². The number of benzene rings is 1. The van der Waals surface area contributed by atoms with Crippen molar-refractivity contribution in [1.29, 1.82) is 0 Å². The lowest BCUT2D eigenvalue weighted by Crippen LogP contribution is -2.48. The zero-order valence-corrected chi connectivity index (χ0v) is 18.0. The Labute approximate surface area is 169 Å². The van der Waals surface area contributed by atoms with Crippen molar-refractivity contribution in [3.8, 4) is 5.75 Å². The number of nitrogens with one attached hydrogen (secondary N) is 1. The molecule has 2 fully saturated rings. The number of nitrogens with zero attached hydrogens (tertiary/aromatic N) is 3. The summed E-state index contributed by atoms with van der Waals surface area (Å²) < 4.78 is 34.4. The number of rotatable bonds is 8. The van der Waals surface area contributed by atoms with Gasteiger partial charge < -0.3 is 9.64 Å². The van der Waals surface area contributed by atoms with E-state index in [9.17, 15) is 8.42 Å². The highest BCUT2D eigenvalue weighted by Gasteiger charge is 2.26. The van der Waals surface area contributed by atoms with Crippen LogP contribution in [-0.2, 0) is 10.2 Å². The van der Waals surface area contributed by atoms with E-state index < -0.39 is 10.2 Å². The fraction of sp³-hybridized carbons (Fsp3) is 0.700. The molecule has 158 valence electrons. The van der Waals surface area contributed by atoms with Crippen LogP contribution in [0.2, 0.25) is 0 Å². The highest BCUT2D eigenvalue weighted by molar-refractivity contribution is 7.87. The summed E-state index contributed by atoms with van der Waals surface area (Å²) >= 11 is 0. The summed E-state index contributed by atoms with van der Waals surface area (Å²) in [5.41, 5.74) is 1.23. The van der Waals surface area contributed by atoms with Gasteiger partial charge in [0.2, 0.25) is 0 Å². The first-order valence-electron chi connectivity index (χ1n) is 10.3. The third kappa shape index (κ3) is 5.83. The Morgan fingerprint density at radius 2 is 1.82 bits per heavy atom. The molecule has 0 unspecified atom stereocenters. The Bertz CT molecular complexity index is 703. The fourth-order valence-corrected chi connectivity index (χ4v) is 5.39. The molecule has 3 rings (SSSR count). The summed E-state index contributed by atoms with van der Waals surface area (Å²) in [6.45, 7) is 8.82. The zero-order chi connectivity index (χ0) is 20.0. The molecular weight excluding hydrogens is 376 g/mol. The first kappa shape index (κ1) is 21.4. The van der Waals surface area contributed by atoms with E-state index in [0.29, 0.717) is 25.6 Å². The van der Waals surface area contributed by atoms with Gasteiger partial charge in [0.1, 0.15) is 5.75 Å². The minimum Gasteiger partial charge on any atom is -0.497 e. The van der Waals surface area contributed by atoms with Gasteiger partial charge >= 0.3 is 0 Å². The monoisotopic (exact) mass is 410 g/mol. The molecule has 8 heteroatoms. The Morgan fingerprint density at radius 3 is 2.46 bits per heavy atom. The predicted molar refractivity (Wildman–Crippen MR) is 113 cm³/mol. The van der Waals surface area contributed by atoms with Crippen molar-refractivity contribution in [2.45, 2.75) is 26.2 Å². The number of hydrogen-bond acceptors (Lipinski definition) is 5. The van der Waals surface area contributed by atoms with Crippen LogP contribution in [0.4, 0.5) is 5.69 Å². The summed E-state index contributed by atoms with van der Waals surface area (Å²) in [5.74, 6) is 1.33. The second kappa shape index (κ2) is 9.91. The third-order valence-electron chi connectivity index (χ3n) is 5.71. The van der Waals surface area contributed by atoms with Gasteiger partial charge in [-0.1, -0.05) is 6.92 Å². The first-order valence-corrected chi connectivity index (χ1v) is 11.8. The lowest BCUT2D eigenvalue weighted by Gasteiger charge is -2.36. The maximum Gasteiger partial charge on any atom is 0.279 e. The fourth-order valence-electron chi connectivity index (χ4n) is 3.98. The number of methoxy groups -OCH3 is 1. The van der Waals surface area contributed by atoms with Gasteiger partial charge in [0.05, 0.1) is 7.11 Å². The largest absolute Gasteiger partial charge is 0.497 e. The predicted octanol–water partition coefficient (Wildman–Crippen LogP) is 1.77. The molecule has 1 aromatic carbocycles. The van der Waals surface area contributed by atoms with Gasteiger partial charge in [-0.15, -0.1) is 0 Å². The van der Waals surface area contributed by atoms with Gasteiger partial charge in [0.25, 0.3) is 10.2 Å². The molecule has 1 aromatic rings. The molecule has 28 heavy (non-hydrogen) atoms. The van der Waals surface area contributed by atoms with E-state index in [-0.39, 0.29) is 0 Å². The summed E-state index contributed by atoms with van der Waals surface area (Å²) in [4.78, 5) is 4.80. The molecule has 0 aliphatic carbocycles. The van der Waals surface area contributed by atoms with Crippen LogP contribution >= 0.6 is 0 Å². The number of ether oxygens (including phenoxy) is 1. The van der Waals surface area contributed by atoms with Gasteiger partial charge in [-0.3, -0.25) is 4.90 Å². The molecular formula is C20H34N4O3S. The van der Waals surface area contributed by atoms with Crippen LogP contribution in [0.3, 0.4) is 0 Å². The summed E-state index contributed by atoms with van der Waals surface area (Å²) in [6.07, 6.45) is 2.92. The second-order valence-corrected chi connectivity index (χ2v) is 9.64. The lowest BCUT2D eigenvalue weighted by molar-refractivity contribution is 0.254. The first-order chi connectivity index (χ1) is 13.5. The normalized spacial score (nSPS) is 22.4. The molecule has 2 aliphatic rings. The maximum atomic E-state index is 12.4. The van der Waals surface area contributed by atoms with Crippen molar-refractivity contribution < 1.29 is 13.2 Å². The molecule has 0 aromatic heterocycles. The maximum absolute atomic E-state index is 12.4. The van der Waals surface area contributed by atoms with Gasteiger partial charge in [0, 0.05) is 51.5 Å². The molecule has 0 amide bonds. The lowest BCUT2D eigenvalue weighted by atomic mass is 10.0. The van der Waals surface area contributed by atoms with Gasteiger partial charge in [-0.2, -0.15) is 12.7 Å². The Balaban J connectivity index is 1.35. The minimum atomic E-state index is -3.32. The van der Waals surface area contributed by atoms with Crippen molar-refractivity contribution in [2.75, 3.05) is 64.4 Å². The molecule has 1 atom stereocenters. The van der Waals surface area contributed by atoms with Gasteiger partial charge in [0.15, 0.2) is 0 Å². The summed E-state index contributed by atoms with van der Waals surface area (Å²) in [5, 5.41) is 0. The van der Waals surface area contributed by atoms with E-state index in [0.717, 1.165) is 57.7 Å². The Hall–Kier alpha value is -1.35. The number of piperidine rings is 1. The highest BCUT2D eigenvalue weighted by Crippen LogP contribution is 2.20. The quantitative estimate of drug-likeness (QED) is 0.662. The Morgan fingerprint density at radius 1 is 1.11 bits per heavy atom. The molecule has 0 saturated carbocycles. The smallest absolute Gasteiger partial charge is 0.279 e. The van der Waals surface area contributed by atoms with Crippen LogP contribution in [0.1, 0.15) is 26.2 Å². The SMILES string of the molecule is COc1ccc(N2CCN(CCCNS(=O)(=O)N3CCC[C@H](C)C3)CC2)cc1. The average Bonchev–Trinajstić information content (AvgIpc) is 2.72. The van der Waals surface area contributed by atoms with Crippen molar-refractivity contribution >= 4 is 15.9 Å². The van der Waals surface area contributed by atoms with Crippen LogP contribution in [0, 0.1) is 5.92 Å². The van der Waals surface area contributed by atoms with Crippen LogP contribution < -0.4 is 14.4 Å². The number of hydrogen-bond donors (Lipinski definition) is 1. The number of piperazine rings is 1. The van der Waals surface area contributed by atoms with Crippen LogP contribution in [-0.4, -0.2) is 77.1 Å². The molecule has 2 aliphatic heterocycles. The molecule has 7 nitrogen and oxygen atoms in total. The standard InChI is InChI=1S/C20H34N4O3S/c1-18-5-3-12-24(17-18)28(25,26)21-10-4-11-22-13-15-23(16-14-22)19-6-8-20(27-2)9-7-19/h6-9,18,21H,3-5,10-17H2,1-2H3/t18-/m0/s1. The summed E-state index contributed by atoms with van der Waals surface area (Å²) in [6, 6.07) is 8.20. The van der Waals surface area contributed by atoms with Crippen molar-refractivity contribution in [3.63, 3.8) is 0 Å². The van der Waals surface area contributed by atoms with E-state index in [2.05, 4.69) is 33.6 Å². The van der Waals surface area contributed by atoms with E-state index in [4.69, 9.17) is 4.74 Å². The second-order valence-electron chi connectivity index (χ2n) is 7.89. The molecule has 0 spiro atoms. The summed E-state index contributed by atoms with van der Waals surface area (Å²) in [7, 11) is -1.64. The van der Waals surface area contributed by atoms with Crippen molar-refractivity contribution in [3.05, 3.63) is 24.3 Å². The van der Waals surface area contributed by atoms with Gasteiger partial charge in [-0.05, 0) is 56.0 Å². The molecule has 0 radical (unpaired) electrons. The molecule has 0 bridgehead atoms. The minimum absolute atomic E-state index is 0.451. The topological polar surface area (TPSA) is 65.1 Å². The highest BCUT2D eigenvalue weighted by atomic mass is 32.2. The zero-order valence-electron chi connectivity index (χ0n) is 17.1. The molecule has 2 heterocycles. The molecule has 2 saturated heterocycles. The third-order valence-corrected chi connectivity index (χ3v) is 7.29. The van der Waals surface area contributed by atoms with Crippen LogP contribution in [0.25, 0.3) is 0 Å². The van der Waals surface area contributed by atoms with E-state index in [1.54, 1.807) is 11.4 Å². The van der Waals surface area contributed by atoms with E-state index in [1.165, 1.54) is 5.69 Å². The van der Waals surface area contributed by atoms with Gasteiger partial charge in [-0.25, -0.2) is 4.72 Å². The number of anilines is 1. The van der Waals surface area contributed by atoms with Crippen molar-refractivity contribution in [1.82, 2.24) is 13.9 Å². The average molecular weight is 411 g/mol.